The first-order chi connectivity index (χ1) is 9.72. The fourth-order valence-electron chi connectivity index (χ4n) is 1.90. The van der Waals surface area contributed by atoms with Crippen molar-refractivity contribution in [1.29, 1.82) is 0 Å². The molecule has 0 aliphatic heterocycles. The number of halogens is 1. The largest absolute Gasteiger partial charge is 0.324 e. The number of nitrogens with one attached hydrogen (secondary N) is 1. The van der Waals surface area contributed by atoms with Gasteiger partial charge in [-0.15, -0.1) is 0 Å². The lowest BCUT2D eigenvalue weighted by atomic mass is 10.2. The average molecular weight is 331 g/mol. The molecule has 0 fully saturated rings. The number of nitrogens with zero attached hydrogens (tertiary/aromatic N) is 3. The van der Waals surface area contributed by atoms with Crippen molar-refractivity contribution in [2.24, 2.45) is 0 Å². The van der Waals surface area contributed by atoms with E-state index >= 15 is 0 Å². The molecule has 0 aliphatic rings. The van der Waals surface area contributed by atoms with E-state index in [0.29, 0.717) is 0 Å². The average Bonchev–Trinajstić information content (AvgIpc) is 2.81. The van der Waals surface area contributed by atoms with Crippen molar-refractivity contribution in [3.05, 3.63) is 59.2 Å². The van der Waals surface area contributed by atoms with Gasteiger partial charge in [-0.05, 0) is 40.2 Å². The van der Waals surface area contributed by atoms with Crippen LogP contribution in [-0.2, 0) is 11.2 Å². The number of hydrogen-bond donors (Lipinski definition) is 1. The van der Waals surface area contributed by atoms with Crippen molar-refractivity contribution in [2.75, 3.05) is 5.32 Å². The van der Waals surface area contributed by atoms with E-state index in [1.807, 2.05) is 40.9 Å². The number of amides is 1. The minimum absolute atomic E-state index is 0.0979. The quantitative estimate of drug-likeness (QED) is 0.803. The Hall–Kier alpha value is -2.21. The van der Waals surface area contributed by atoms with Gasteiger partial charge in [0.2, 0.25) is 5.91 Å². The van der Waals surface area contributed by atoms with E-state index in [1.165, 1.54) is 0 Å². The highest BCUT2D eigenvalue weighted by atomic mass is 79.9. The molecule has 0 atom stereocenters. The zero-order valence-electron chi connectivity index (χ0n) is 10.5. The van der Waals surface area contributed by atoms with E-state index in [2.05, 4.69) is 31.2 Å². The van der Waals surface area contributed by atoms with Gasteiger partial charge in [0.05, 0.1) is 18.3 Å². The third-order valence-electron chi connectivity index (χ3n) is 2.81. The molecule has 0 bridgehead atoms. The van der Waals surface area contributed by atoms with Crippen LogP contribution < -0.4 is 5.32 Å². The molecular weight excluding hydrogens is 320 g/mol. The zero-order chi connectivity index (χ0) is 13.9. The second kappa shape index (κ2) is 5.42. The fourth-order valence-corrected chi connectivity index (χ4v) is 2.28. The minimum atomic E-state index is -0.0979. The van der Waals surface area contributed by atoms with Gasteiger partial charge in [-0.2, -0.15) is 0 Å². The number of aromatic nitrogens is 3. The molecule has 3 heterocycles. The molecule has 0 radical (unpaired) electrons. The topological polar surface area (TPSA) is 59.3 Å². The number of anilines is 1. The number of pyridine rings is 2. The Morgan fingerprint density at radius 1 is 1.25 bits per heavy atom. The van der Waals surface area contributed by atoms with Crippen LogP contribution in [0.5, 0.6) is 0 Å². The second-order valence-electron chi connectivity index (χ2n) is 4.27. The van der Waals surface area contributed by atoms with Crippen molar-refractivity contribution in [3.63, 3.8) is 0 Å². The summed E-state index contributed by atoms with van der Waals surface area (Å²) in [4.78, 5) is 20.3. The van der Waals surface area contributed by atoms with E-state index in [4.69, 9.17) is 0 Å². The minimum Gasteiger partial charge on any atom is -0.324 e. The van der Waals surface area contributed by atoms with Gasteiger partial charge in [-0.3, -0.25) is 14.2 Å². The number of hydrogen-bond acceptors (Lipinski definition) is 3. The van der Waals surface area contributed by atoms with Gasteiger partial charge in [0.25, 0.3) is 0 Å². The van der Waals surface area contributed by atoms with Gasteiger partial charge in [0, 0.05) is 18.1 Å². The standard InChI is InChI=1S/C14H11BrN4O/c15-12-8-17-13-5-4-11(9-19(12)13)18-14(20)7-10-3-1-2-6-16-10/h1-6,8-9H,7H2,(H,18,20). The van der Waals surface area contributed by atoms with Crippen LogP contribution in [0.3, 0.4) is 0 Å². The summed E-state index contributed by atoms with van der Waals surface area (Å²) in [6.07, 6.45) is 5.47. The Balaban J connectivity index is 1.75. The number of imidazole rings is 1. The lowest BCUT2D eigenvalue weighted by Crippen LogP contribution is -2.15. The smallest absolute Gasteiger partial charge is 0.230 e. The van der Waals surface area contributed by atoms with E-state index < -0.39 is 0 Å². The molecule has 0 saturated heterocycles. The SMILES string of the molecule is O=C(Cc1ccccn1)Nc1ccc2ncc(Br)n2c1. The molecular formula is C14H11BrN4O. The highest BCUT2D eigenvalue weighted by molar-refractivity contribution is 9.10. The summed E-state index contributed by atoms with van der Waals surface area (Å²) in [6.45, 7) is 0. The first-order valence-corrected chi connectivity index (χ1v) is 6.84. The van der Waals surface area contributed by atoms with Crippen LogP contribution >= 0.6 is 15.9 Å². The van der Waals surface area contributed by atoms with Gasteiger partial charge in [-0.25, -0.2) is 4.98 Å². The summed E-state index contributed by atoms with van der Waals surface area (Å²) in [5.74, 6) is -0.0979. The molecule has 6 heteroatoms. The van der Waals surface area contributed by atoms with E-state index in [0.717, 1.165) is 21.6 Å². The third-order valence-corrected chi connectivity index (χ3v) is 3.40. The first-order valence-electron chi connectivity index (χ1n) is 6.05. The fraction of sp³-hybridized carbons (Fsp3) is 0.0714. The molecule has 0 aromatic carbocycles. The molecule has 0 unspecified atom stereocenters. The van der Waals surface area contributed by atoms with E-state index in [-0.39, 0.29) is 12.3 Å². The van der Waals surface area contributed by atoms with Crippen LogP contribution in [0.25, 0.3) is 5.65 Å². The Kier molecular flexibility index (Phi) is 3.47. The third kappa shape index (κ3) is 2.70. The summed E-state index contributed by atoms with van der Waals surface area (Å²) >= 11 is 3.40. The van der Waals surface area contributed by atoms with Crippen molar-refractivity contribution >= 4 is 33.2 Å². The number of carbonyl (C=O) groups excluding carboxylic acids is 1. The molecule has 0 saturated carbocycles. The molecule has 5 nitrogen and oxygen atoms in total. The van der Waals surface area contributed by atoms with Crippen molar-refractivity contribution in [2.45, 2.75) is 6.42 Å². The van der Waals surface area contributed by atoms with Crippen LogP contribution in [0.15, 0.2) is 53.5 Å². The summed E-state index contributed by atoms with van der Waals surface area (Å²) in [6, 6.07) is 9.19. The van der Waals surface area contributed by atoms with Gasteiger partial charge in [0.1, 0.15) is 10.3 Å². The molecule has 1 N–H and O–H groups in total. The van der Waals surface area contributed by atoms with Crippen molar-refractivity contribution < 1.29 is 4.79 Å². The van der Waals surface area contributed by atoms with Crippen LogP contribution in [0.2, 0.25) is 0 Å². The van der Waals surface area contributed by atoms with Crippen LogP contribution in [-0.4, -0.2) is 20.3 Å². The maximum atomic E-state index is 12.0. The zero-order valence-corrected chi connectivity index (χ0v) is 12.0. The normalized spacial score (nSPS) is 10.7. The van der Waals surface area contributed by atoms with Crippen molar-refractivity contribution in [3.8, 4) is 0 Å². The van der Waals surface area contributed by atoms with Crippen LogP contribution in [0, 0.1) is 0 Å². The van der Waals surface area contributed by atoms with E-state index in [1.54, 1.807) is 12.4 Å². The number of carbonyl (C=O) groups is 1. The Labute approximate surface area is 123 Å². The lowest BCUT2D eigenvalue weighted by molar-refractivity contribution is -0.115. The molecule has 100 valence electrons. The van der Waals surface area contributed by atoms with Gasteiger partial charge in [0.15, 0.2) is 0 Å². The predicted octanol–water partition coefficient (Wildman–Crippen LogP) is 2.67. The Bertz CT molecular complexity index is 754. The predicted molar refractivity (Wildman–Crippen MR) is 79.5 cm³/mol. The van der Waals surface area contributed by atoms with Gasteiger partial charge >= 0.3 is 0 Å². The summed E-state index contributed by atoms with van der Waals surface area (Å²) < 4.78 is 2.70. The molecule has 20 heavy (non-hydrogen) atoms. The van der Waals surface area contributed by atoms with Crippen LogP contribution in [0.1, 0.15) is 5.69 Å². The van der Waals surface area contributed by atoms with E-state index in [9.17, 15) is 4.79 Å². The van der Waals surface area contributed by atoms with Crippen LogP contribution in [0.4, 0.5) is 5.69 Å². The Morgan fingerprint density at radius 3 is 2.95 bits per heavy atom. The maximum absolute atomic E-state index is 12.0. The summed E-state index contributed by atoms with van der Waals surface area (Å²) in [5, 5.41) is 2.85. The molecule has 0 spiro atoms. The van der Waals surface area contributed by atoms with Gasteiger partial charge in [-0.1, -0.05) is 6.07 Å². The highest BCUT2D eigenvalue weighted by Crippen LogP contribution is 2.16. The van der Waals surface area contributed by atoms with Gasteiger partial charge < -0.3 is 5.32 Å². The summed E-state index contributed by atoms with van der Waals surface area (Å²) in [5.41, 5.74) is 2.28. The molecule has 3 rings (SSSR count). The highest BCUT2D eigenvalue weighted by Gasteiger charge is 2.06. The molecule has 3 aromatic rings. The molecule has 3 aromatic heterocycles. The molecule has 0 aliphatic carbocycles. The Morgan fingerprint density at radius 2 is 2.15 bits per heavy atom. The first kappa shape index (κ1) is 12.8. The lowest BCUT2D eigenvalue weighted by Gasteiger charge is -2.06. The van der Waals surface area contributed by atoms with Crippen molar-refractivity contribution in [1.82, 2.24) is 14.4 Å². The molecule has 1 amide bonds. The number of rotatable bonds is 3. The second-order valence-corrected chi connectivity index (χ2v) is 5.09. The monoisotopic (exact) mass is 330 g/mol. The number of fused-ring (bicyclic) bond motifs is 1. The summed E-state index contributed by atoms with van der Waals surface area (Å²) in [7, 11) is 0. The maximum Gasteiger partial charge on any atom is 0.230 e.